The highest BCUT2D eigenvalue weighted by molar-refractivity contribution is 9.10. The second kappa shape index (κ2) is 4.80. The molecule has 3 nitrogen and oxygen atoms in total. The summed E-state index contributed by atoms with van der Waals surface area (Å²) in [6, 6.07) is 10.1. The minimum Gasteiger partial charge on any atom is -0.330 e. The van der Waals surface area contributed by atoms with Gasteiger partial charge in [0.15, 0.2) is 0 Å². The van der Waals surface area contributed by atoms with Crippen molar-refractivity contribution in [2.24, 2.45) is 12.8 Å². The fourth-order valence-electron chi connectivity index (χ4n) is 1.75. The van der Waals surface area contributed by atoms with Gasteiger partial charge in [-0.1, -0.05) is 30.3 Å². The minimum atomic E-state index is 0.631. The molecule has 2 aromatic rings. The summed E-state index contributed by atoms with van der Waals surface area (Å²) in [6.45, 7) is 0.631. The number of hydrogen-bond acceptors (Lipinski definition) is 2. The van der Waals surface area contributed by atoms with Crippen LogP contribution < -0.4 is 5.73 Å². The molecule has 1 aromatic carbocycles. The highest BCUT2D eigenvalue weighted by Crippen LogP contribution is 2.24. The van der Waals surface area contributed by atoms with Gasteiger partial charge < -0.3 is 10.3 Å². The maximum atomic E-state index is 5.58. The first-order chi connectivity index (χ1) is 7.74. The second-order valence-corrected chi connectivity index (χ2v) is 4.39. The highest BCUT2D eigenvalue weighted by atomic mass is 79.9. The van der Waals surface area contributed by atoms with E-state index in [1.807, 2.05) is 25.2 Å². The van der Waals surface area contributed by atoms with E-state index in [1.54, 1.807) is 0 Å². The summed E-state index contributed by atoms with van der Waals surface area (Å²) in [6.07, 6.45) is 0.830. The van der Waals surface area contributed by atoms with Gasteiger partial charge in [-0.05, 0) is 22.5 Å². The van der Waals surface area contributed by atoms with E-state index >= 15 is 0 Å². The Kier molecular flexibility index (Phi) is 3.41. The molecule has 0 amide bonds. The molecule has 0 bridgehead atoms. The van der Waals surface area contributed by atoms with Crippen molar-refractivity contribution in [3.63, 3.8) is 0 Å². The van der Waals surface area contributed by atoms with E-state index in [0.717, 1.165) is 28.1 Å². The van der Waals surface area contributed by atoms with Crippen LogP contribution in [0.2, 0.25) is 0 Å². The summed E-state index contributed by atoms with van der Waals surface area (Å²) in [7, 11) is 2.02. The first-order valence-electron chi connectivity index (χ1n) is 5.20. The van der Waals surface area contributed by atoms with Crippen molar-refractivity contribution in [2.75, 3.05) is 6.54 Å². The van der Waals surface area contributed by atoms with Gasteiger partial charge in [-0.15, -0.1) is 0 Å². The maximum Gasteiger partial charge on any atom is 0.141 e. The van der Waals surface area contributed by atoms with Crippen LogP contribution >= 0.6 is 15.9 Å². The first kappa shape index (κ1) is 11.4. The fraction of sp³-hybridized carbons (Fsp3) is 0.250. The van der Waals surface area contributed by atoms with Crippen LogP contribution in [0.4, 0.5) is 0 Å². The van der Waals surface area contributed by atoms with Crippen LogP contribution in [0, 0.1) is 0 Å². The summed E-state index contributed by atoms with van der Waals surface area (Å²) in [5, 5.41) is 0. The predicted molar refractivity (Wildman–Crippen MR) is 69.1 cm³/mol. The van der Waals surface area contributed by atoms with Crippen LogP contribution in [0.1, 0.15) is 5.69 Å². The lowest BCUT2D eigenvalue weighted by Crippen LogP contribution is -2.07. The molecule has 0 fully saturated rings. The summed E-state index contributed by atoms with van der Waals surface area (Å²) >= 11 is 3.48. The molecule has 0 saturated heterocycles. The molecule has 84 valence electrons. The molecule has 1 heterocycles. The summed E-state index contributed by atoms with van der Waals surface area (Å²) in [5.41, 5.74) is 7.84. The van der Waals surface area contributed by atoms with E-state index in [-0.39, 0.29) is 0 Å². The third-order valence-electron chi connectivity index (χ3n) is 2.58. The molecule has 0 aliphatic rings. The molecular formula is C12H14BrN3. The molecule has 0 aliphatic carbocycles. The Balaban J connectivity index is 2.47. The molecule has 0 radical (unpaired) electrons. The molecule has 4 heteroatoms. The zero-order chi connectivity index (χ0) is 11.5. The van der Waals surface area contributed by atoms with Crippen LogP contribution in [0.25, 0.3) is 11.4 Å². The van der Waals surface area contributed by atoms with Gasteiger partial charge in [0.2, 0.25) is 0 Å². The van der Waals surface area contributed by atoms with Gasteiger partial charge in [0.05, 0.1) is 5.69 Å². The minimum absolute atomic E-state index is 0.631. The second-order valence-electron chi connectivity index (χ2n) is 3.64. The number of halogens is 1. The molecule has 2 N–H and O–H groups in total. The molecular weight excluding hydrogens is 266 g/mol. The van der Waals surface area contributed by atoms with E-state index in [1.165, 1.54) is 0 Å². The summed E-state index contributed by atoms with van der Waals surface area (Å²) < 4.78 is 2.98. The van der Waals surface area contributed by atoms with Crippen LogP contribution in [0.3, 0.4) is 0 Å². The average Bonchev–Trinajstić information content (AvgIpc) is 2.59. The van der Waals surface area contributed by atoms with Crippen molar-refractivity contribution in [3.05, 3.63) is 40.6 Å². The zero-order valence-electron chi connectivity index (χ0n) is 9.15. The summed E-state index contributed by atoms with van der Waals surface area (Å²) in [5.74, 6) is 0.968. The largest absolute Gasteiger partial charge is 0.330 e. The average molecular weight is 280 g/mol. The Morgan fingerprint density at radius 2 is 2.00 bits per heavy atom. The lowest BCUT2D eigenvalue weighted by Gasteiger charge is -2.04. The van der Waals surface area contributed by atoms with Gasteiger partial charge in [-0.25, -0.2) is 4.98 Å². The smallest absolute Gasteiger partial charge is 0.141 e. The van der Waals surface area contributed by atoms with Gasteiger partial charge >= 0.3 is 0 Å². The molecule has 0 aliphatic heterocycles. The topological polar surface area (TPSA) is 43.8 Å². The SMILES string of the molecule is Cn1c(-c2ccccc2)nc(Br)c1CCN. The number of rotatable bonds is 3. The Hall–Kier alpha value is -1.13. The normalized spacial score (nSPS) is 10.7. The van der Waals surface area contributed by atoms with Gasteiger partial charge in [-0.2, -0.15) is 0 Å². The number of hydrogen-bond donors (Lipinski definition) is 1. The summed E-state index contributed by atoms with van der Waals surface area (Å²) in [4.78, 5) is 4.52. The molecule has 2 rings (SSSR count). The highest BCUT2D eigenvalue weighted by Gasteiger charge is 2.12. The van der Waals surface area contributed by atoms with Crippen molar-refractivity contribution < 1.29 is 0 Å². The number of nitrogens with two attached hydrogens (primary N) is 1. The molecule has 1 aromatic heterocycles. The quantitative estimate of drug-likeness (QED) is 0.938. The molecule has 0 spiro atoms. The Labute approximate surface area is 103 Å². The Morgan fingerprint density at radius 3 is 2.62 bits per heavy atom. The zero-order valence-corrected chi connectivity index (χ0v) is 10.7. The number of imidazole rings is 1. The van der Waals surface area contributed by atoms with Crippen LogP contribution in [0.5, 0.6) is 0 Å². The number of aromatic nitrogens is 2. The molecule has 0 saturated carbocycles. The van der Waals surface area contributed by atoms with E-state index in [9.17, 15) is 0 Å². The van der Waals surface area contributed by atoms with E-state index in [2.05, 4.69) is 37.6 Å². The van der Waals surface area contributed by atoms with E-state index < -0.39 is 0 Å². The number of benzene rings is 1. The predicted octanol–water partition coefficient (Wildman–Crippen LogP) is 2.35. The van der Waals surface area contributed by atoms with Gasteiger partial charge in [0.25, 0.3) is 0 Å². The third kappa shape index (κ3) is 2.03. The molecule has 0 atom stereocenters. The number of nitrogens with zero attached hydrogens (tertiary/aromatic N) is 2. The van der Waals surface area contributed by atoms with Crippen molar-refractivity contribution in [3.8, 4) is 11.4 Å². The Morgan fingerprint density at radius 1 is 1.31 bits per heavy atom. The van der Waals surface area contributed by atoms with Crippen LogP contribution in [-0.4, -0.2) is 16.1 Å². The van der Waals surface area contributed by atoms with E-state index in [0.29, 0.717) is 6.54 Å². The van der Waals surface area contributed by atoms with E-state index in [4.69, 9.17) is 5.73 Å². The van der Waals surface area contributed by atoms with Gasteiger partial charge in [0.1, 0.15) is 10.4 Å². The van der Waals surface area contributed by atoms with Crippen LogP contribution in [-0.2, 0) is 13.5 Å². The standard InChI is InChI=1S/C12H14BrN3/c1-16-10(7-8-14)11(13)15-12(16)9-5-3-2-4-6-9/h2-6H,7-8,14H2,1H3. The lowest BCUT2D eigenvalue weighted by atomic mass is 10.2. The maximum absolute atomic E-state index is 5.58. The molecule has 0 unspecified atom stereocenters. The van der Waals surface area contributed by atoms with Crippen molar-refractivity contribution in [1.29, 1.82) is 0 Å². The van der Waals surface area contributed by atoms with Gasteiger partial charge in [-0.3, -0.25) is 0 Å². The van der Waals surface area contributed by atoms with Gasteiger partial charge in [0, 0.05) is 19.0 Å². The first-order valence-corrected chi connectivity index (χ1v) is 6.00. The Bertz CT molecular complexity index is 477. The van der Waals surface area contributed by atoms with Crippen molar-refractivity contribution >= 4 is 15.9 Å². The molecule has 16 heavy (non-hydrogen) atoms. The van der Waals surface area contributed by atoms with Crippen LogP contribution in [0.15, 0.2) is 34.9 Å². The monoisotopic (exact) mass is 279 g/mol. The lowest BCUT2D eigenvalue weighted by molar-refractivity contribution is 0.807. The van der Waals surface area contributed by atoms with Crippen molar-refractivity contribution in [1.82, 2.24) is 9.55 Å². The fourth-order valence-corrected chi connectivity index (χ4v) is 2.38. The third-order valence-corrected chi connectivity index (χ3v) is 3.21. The van der Waals surface area contributed by atoms with Crippen molar-refractivity contribution in [2.45, 2.75) is 6.42 Å².